The maximum Gasteiger partial charge on any atom is 0.260 e. The number of nitrogens with one attached hydrogen (secondary N) is 1. The standard InChI is InChI=1S/C19H23NO4/c1-14-8-4-5-9-16(14)24-15(2)19(21)20-12-13-23-18-11-7-6-10-17(18)22-3/h4-11,15H,12-13H2,1-3H3,(H,20,21). The fraction of sp³-hybridized carbons (Fsp3) is 0.316. The van der Waals surface area contributed by atoms with Crippen molar-refractivity contribution in [1.82, 2.24) is 5.32 Å². The molecule has 2 aromatic carbocycles. The number of carbonyl (C=O) groups is 1. The van der Waals surface area contributed by atoms with Crippen LogP contribution in [0.4, 0.5) is 0 Å². The molecule has 0 aromatic heterocycles. The van der Waals surface area contributed by atoms with E-state index in [-0.39, 0.29) is 5.91 Å². The van der Waals surface area contributed by atoms with E-state index in [0.29, 0.717) is 30.4 Å². The average molecular weight is 329 g/mol. The van der Waals surface area contributed by atoms with Gasteiger partial charge in [0.05, 0.1) is 13.7 Å². The summed E-state index contributed by atoms with van der Waals surface area (Å²) in [7, 11) is 1.59. The molecule has 0 saturated heterocycles. The van der Waals surface area contributed by atoms with Gasteiger partial charge in [0.2, 0.25) is 0 Å². The maximum absolute atomic E-state index is 12.1. The van der Waals surface area contributed by atoms with Crippen molar-refractivity contribution in [3.05, 3.63) is 54.1 Å². The number of methoxy groups -OCH3 is 1. The summed E-state index contributed by atoms with van der Waals surface area (Å²) in [5.74, 6) is 1.85. The van der Waals surface area contributed by atoms with Crippen molar-refractivity contribution in [1.29, 1.82) is 0 Å². The molecule has 0 aliphatic rings. The van der Waals surface area contributed by atoms with E-state index in [1.807, 2.05) is 55.5 Å². The summed E-state index contributed by atoms with van der Waals surface area (Å²) in [4.78, 5) is 12.1. The smallest absolute Gasteiger partial charge is 0.260 e. The van der Waals surface area contributed by atoms with Crippen LogP contribution in [0.15, 0.2) is 48.5 Å². The zero-order valence-electron chi connectivity index (χ0n) is 14.2. The number of para-hydroxylation sites is 3. The number of carbonyl (C=O) groups excluding carboxylic acids is 1. The van der Waals surface area contributed by atoms with E-state index in [2.05, 4.69) is 5.32 Å². The van der Waals surface area contributed by atoms with Gasteiger partial charge in [-0.1, -0.05) is 30.3 Å². The molecule has 5 heteroatoms. The van der Waals surface area contributed by atoms with Gasteiger partial charge in [0, 0.05) is 0 Å². The first-order valence-corrected chi connectivity index (χ1v) is 7.87. The number of aryl methyl sites for hydroxylation is 1. The van der Waals surface area contributed by atoms with Crippen molar-refractivity contribution >= 4 is 5.91 Å². The van der Waals surface area contributed by atoms with Gasteiger partial charge in [0.25, 0.3) is 5.91 Å². The summed E-state index contributed by atoms with van der Waals surface area (Å²) in [6.45, 7) is 4.41. The SMILES string of the molecule is COc1ccccc1OCCNC(=O)C(C)Oc1ccccc1C. The molecule has 2 rings (SSSR count). The molecule has 24 heavy (non-hydrogen) atoms. The summed E-state index contributed by atoms with van der Waals surface area (Å²) >= 11 is 0. The first kappa shape index (κ1) is 17.7. The molecule has 0 fully saturated rings. The van der Waals surface area contributed by atoms with Crippen molar-refractivity contribution in [2.45, 2.75) is 20.0 Å². The highest BCUT2D eigenvalue weighted by Gasteiger charge is 2.15. The Hall–Kier alpha value is -2.69. The lowest BCUT2D eigenvalue weighted by atomic mass is 10.2. The number of benzene rings is 2. The van der Waals surface area contributed by atoms with E-state index < -0.39 is 6.10 Å². The minimum atomic E-state index is -0.572. The average Bonchev–Trinajstić information content (AvgIpc) is 2.60. The third kappa shape index (κ3) is 4.91. The predicted molar refractivity (Wildman–Crippen MR) is 92.8 cm³/mol. The Labute approximate surface area is 142 Å². The van der Waals surface area contributed by atoms with Gasteiger partial charge in [-0.05, 0) is 37.6 Å². The van der Waals surface area contributed by atoms with Crippen LogP contribution in [0.5, 0.6) is 17.2 Å². The van der Waals surface area contributed by atoms with Crippen LogP contribution < -0.4 is 19.5 Å². The van der Waals surface area contributed by atoms with Gasteiger partial charge < -0.3 is 19.5 Å². The molecule has 0 bridgehead atoms. The van der Waals surface area contributed by atoms with E-state index in [0.717, 1.165) is 5.56 Å². The molecule has 0 spiro atoms. The number of rotatable bonds is 8. The third-order valence-electron chi connectivity index (χ3n) is 3.49. The molecule has 1 atom stereocenters. The fourth-order valence-corrected chi connectivity index (χ4v) is 2.15. The maximum atomic E-state index is 12.1. The number of hydrogen-bond donors (Lipinski definition) is 1. The largest absolute Gasteiger partial charge is 0.493 e. The Balaban J connectivity index is 1.75. The highest BCUT2D eigenvalue weighted by atomic mass is 16.5. The van der Waals surface area contributed by atoms with E-state index in [1.54, 1.807) is 14.0 Å². The van der Waals surface area contributed by atoms with Gasteiger partial charge in [0.15, 0.2) is 17.6 Å². The molecule has 1 unspecified atom stereocenters. The van der Waals surface area contributed by atoms with Crippen LogP contribution in [0, 0.1) is 6.92 Å². The van der Waals surface area contributed by atoms with Gasteiger partial charge in [-0.3, -0.25) is 4.79 Å². The minimum absolute atomic E-state index is 0.179. The Morgan fingerprint density at radius 2 is 1.67 bits per heavy atom. The first-order valence-electron chi connectivity index (χ1n) is 7.87. The van der Waals surface area contributed by atoms with Crippen molar-refractivity contribution < 1.29 is 19.0 Å². The number of hydrogen-bond acceptors (Lipinski definition) is 4. The van der Waals surface area contributed by atoms with Crippen LogP contribution in [0.3, 0.4) is 0 Å². The van der Waals surface area contributed by atoms with Crippen LogP contribution in [-0.2, 0) is 4.79 Å². The van der Waals surface area contributed by atoms with Gasteiger partial charge in [-0.15, -0.1) is 0 Å². The van der Waals surface area contributed by atoms with Gasteiger partial charge in [-0.25, -0.2) is 0 Å². The van der Waals surface area contributed by atoms with Crippen molar-refractivity contribution in [3.8, 4) is 17.2 Å². The predicted octanol–water partition coefficient (Wildman–Crippen LogP) is 2.97. The van der Waals surface area contributed by atoms with E-state index >= 15 is 0 Å². The first-order chi connectivity index (χ1) is 11.6. The molecule has 0 aliphatic carbocycles. The van der Waals surface area contributed by atoms with Crippen LogP contribution in [0.2, 0.25) is 0 Å². The summed E-state index contributed by atoms with van der Waals surface area (Å²) in [6, 6.07) is 15.0. The zero-order valence-corrected chi connectivity index (χ0v) is 14.2. The second-order valence-electron chi connectivity index (χ2n) is 5.32. The Morgan fingerprint density at radius 3 is 2.33 bits per heavy atom. The Kier molecular flexibility index (Phi) is 6.49. The van der Waals surface area contributed by atoms with Crippen LogP contribution in [-0.4, -0.2) is 32.3 Å². The highest BCUT2D eigenvalue weighted by Crippen LogP contribution is 2.25. The minimum Gasteiger partial charge on any atom is -0.493 e. The van der Waals surface area contributed by atoms with Crippen molar-refractivity contribution in [2.75, 3.05) is 20.3 Å². The van der Waals surface area contributed by atoms with Crippen molar-refractivity contribution in [2.24, 2.45) is 0 Å². The van der Waals surface area contributed by atoms with Crippen LogP contribution in [0.25, 0.3) is 0 Å². The third-order valence-corrected chi connectivity index (χ3v) is 3.49. The summed E-state index contributed by atoms with van der Waals surface area (Å²) in [5.41, 5.74) is 0.997. The summed E-state index contributed by atoms with van der Waals surface area (Å²) in [6.07, 6.45) is -0.572. The molecular formula is C19H23NO4. The van der Waals surface area contributed by atoms with Gasteiger partial charge >= 0.3 is 0 Å². The van der Waals surface area contributed by atoms with E-state index in [4.69, 9.17) is 14.2 Å². The lowest BCUT2D eigenvalue weighted by Gasteiger charge is -2.16. The normalized spacial score (nSPS) is 11.5. The van der Waals surface area contributed by atoms with Gasteiger partial charge in [-0.2, -0.15) is 0 Å². The Morgan fingerprint density at radius 1 is 1.04 bits per heavy atom. The highest BCUT2D eigenvalue weighted by molar-refractivity contribution is 5.80. The fourth-order valence-electron chi connectivity index (χ4n) is 2.15. The molecule has 0 heterocycles. The molecule has 0 radical (unpaired) electrons. The summed E-state index contributed by atoms with van der Waals surface area (Å²) < 4.78 is 16.5. The second-order valence-corrected chi connectivity index (χ2v) is 5.32. The molecule has 1 amide bonds. The molecule has 5 nitrogen and oxygen atoms in total. The lowest BCUT2D eigenvalue weighted by molar-refractivity contribution is -0.127. The zero-order chi connectivity index (χ0) is 17.4. The summed E-state index contributed by atoms with van der Waals surface area (Å²) in [5, 5.41) is 2.80. The molecule has 128 valence electrons. The Bertz CT molecular complexity index is 672. The quantitative estimate of drug-likeness (QED) is 0.757. The molecule has 1 N–H and O–H groups in total. The van der Waals surface area contributed by atoms with E-state index in [9.17, 15) is 4.79 Å². The van der Waals surface area contributed by atoms with Gasteiger partial charge in [0.1, 0.15) is 12.4 Å². The van der Waals surface area contributed by atoms with E-state index in [1.165, 1.54) is 0 Å². The molecule has 2 aromatic rings. The number of ether oxygens (including phenoxy) is 3. The molecule has 0 saturated carbocycles. The second kappa shape index (κ2) is 8.82. The van der Waals surface area contributed by atoms with Crippen molar-refractivity contribution in [3.63, 3.8) is 0 Å². The van der Waals surface area contributed by atoms with Crippen LogP contribution in [0.1, 0.15) is 12.5 Å². The molecular weight excluding hydrogens is 306 g/mol. The topological polar surface area (TPSA) is 56.8 Å². The molecule has 0 aliphatic heterocycles. The monoisotopic (exact) mass is 329 g/mol. The lowest BCUT2D eigenvalue weighted by Crippen LogP contribution is -2.38. The number of amides is 1. The van der Waals surface area contributed by atoms with Crippen LogP contribution >= 0.6 is 0 Å².